The number of hydrogen-bond donors (Lipinski definition) is 1. The molecule has 1 aliphatic heterocycles. The zero-order valence-electron chi connectivity index (χ0n) is 12.7. The minimum atomic E-state index is -0.258. The average molecular weight is 292 g/mol. The maximum absolute atomic E-state index is 12.2. The number of nitrogens with zero attached hydrogens (tertiary/aromatic N) is 2. The van der Waals surface area contributed by atoms with Crippen LogP contribution in [0.5, 0.6) is 0 Å². The molecule has 116 valence electrons. The molecule has 0 aromatic heterocycles. The number of ether oxygens (including phenoxy) is 1. The van der Waals surface area contributed by atoms with Crippen LogP contribution in [0.15, 0.2) is 30.3 Å². The van der Waals surface area contributed by atoms with E-state index in [0.717, 1.165) is 12.0 Å². The molecule has 0 saturated carbocycles. The Morgan fingerprint density at radius 3 is 2.81 bits per heavy atom. The van der Waals surface area contributed by atoms with Gasteiger partial charge in [0.25, 0.3) is 0 Å². The van der Waals surface area contributed by atoms with Crippen molar-refractivity contribution in [3.05, 3.63) is 35.9 Å². The van der Waals surface area contributed by atoms with Crippen molar-refractivity contribution in [3.63, 3.8) is 0 Å². The number of aliphatic hydroxyl groups is 1. The van der Waals surface area contributed by atoms with E-state index in [0.29, 0.717) is 19.7 Å². The van der Waals surface area contributed by atoms with Gasteiger partial charge in [0.05, 0.1) is 6.61 Å². The number of carbonyl (C=O) groups excluding carboxylic acids is 1. The fourth-order valence-corrected chi connectivity index (χ4v) is 2.90. The Labute approximate surface area is 126 Å². The average Bonchev–Trinajstić information content (AvgIpc) is 2.88. The second kappa shape index (κ2) is 7.43. The maximum Gasteiger partial charge on any atom is 0.410 e. The summed E-state index contributed by atoms with van der Waals surface area (Å²) in [5, 5.41) is 9.02. The van der Waals surface area contributed by atoms with Crippen LogP contribution in [-0.4, -0.2) is 59.8 Å². The lowest BCUT2D eigenvalue weighted by atomic mass is 10.1. The third kappa shape index (κ3) is 3.95. The van der Waals surface area contributed by atoms with Gasteiger partial charge in [0.1, 0.15) is 6.61 Å². The molecule has 2 rings (SSSR count). The van der Waals surface area contributed by atoms with Crippen LogP contribution in [0.4, 0.5) is 4.79 Å². The van der Waals surface area contributed by atoms with Crippen molar-refractivity contribution in [1.29, 1.82) is 0 Å². The lowest BCUT2D eigenvalue weighted by molar-refractivity contribution is 0.0847. The van der Waals surface area contributed by atoms with Gasteiger partial charge in [-0.1, -0.05) is 30.3 Å². The molecule has 1 saturated heterocycles. The van der Waals surface area contributed by atoms with Crippen LogP contribution < -0.4 is 0 Å². The number of likely N-dealkylation sites (tertiary alicyclic amines) is 1. The third-order valence-corrected chi connectivity index (χ3v) is 4.17. The number of aliphatic hydroxyl groups excluding tert-OH is 1. The molecule has 1 aromatic carbocycles. The van der Waals surface area contributed by atoms with Crippen molar-refractivity contribution in [2.24, 2.45) is 0 Å². The van der Waals surface area contributed by atoms with Crippen LogP contribution in [0.25, 0.3) is 0 Å². The second-order valence-electron chi connectivity index (χ2n) is 5.53. The Kier molecular flexibility index (Phi) is 5.59. The lowest BCUT2D eigenvalue weighted by Crippen LogP contribution is -2.44. The van der Waals surface area contributed by atoms with Crippen molar-refractivity contribution < 1.29 is 14.6 Å². The van der Waals surface area contributed by atoms with Crippen LogP contribution in [0.1, 0.15) is 18.9 Å². The van der Waals surface area contributed by atoms with E-state index >= 15 is 0 Å². The number of hydrogen-bond acceptors (Lipinski definition) is 4. The highest BCUT2D eigenvalue weighted by Gasteiger charge is 2.36. The van der Waals surface area contributed by atoms with Crippen LogP contribution in [-0.2, 0) is 11.3 Å². The summed E-state index contributed by atoms with van der Waals surface area (Å²) >= 11 is 0. The van der Waals surface area contributed by atoms with E-state index in [1.807, 2.05) is 44.3 Å². The van der Waals surface area contributed by atoms with E-state index in [1.54, 1.807) is 4.90 Å². The largest absolute Gasteiger partial charge is 0.445 e. The van der Waals surface area contributed by atoms with Gasteiger partial charge in [0.15, 0.2) is 0 Å². The summed E-state index contributed by atoms with van der Waals surface area (Å²) in [7, 11) is 1.98. The smallest absolute Gasteiger partial charge is 0.410 e. The highest BCUT2D eigenvalue weighted by molar-refractivity contribution is 5.68. The SMILES string of the molecule is C[C@@H]1[C@H](N(C)CCO)CCN1C(=O)OCc1ccccc1. The summed E-state index contributed by atoms with van der Waals surface area (Å²) in [5.74, 6) is 0. The molecule has 1 heterocycles. The summed E-state index contributed by atoms with van der Waals surface area (Å²) in [6.07, 6.45) is 0.657. The molecule has 0 unspecified atom stereocenters. The third-order valence-electron chi connectivity index (χ3n) is 4.17. The first-order valence-electron chi connectivity index (χ1n) is 7.42. The predicted octanol–water partition coefficient (Wildman–Crippen LogP) is 1.71. The lowest BCUT2D eigenvalue weighted by Gasteiger charge is -2.29. The topological polar surface area (TPSA) is 53.0 Å². The molecule has 5 nitrogen and oxygen atoms in total. The summed E-state index contributed by atoms with van der Waals surface area (Å²) in [4.78, 5) is 16.1. The number of carbonyl (C=O) groups is 1. The van der Waals surface area contributed by atoms with Crippen LogP contribution in [0, 0.1) is 0 Å². The summed E-state index contributed by atoms with van der Waals surface area (Å²) in [6, 6.07) is 10.1. The van der Waals surface area contributed by atoms with Gasteiger partial charge in [-0.2, -0.15) is 0 Å². The molecule has 2 atom stereocenters. The second-order valence-corrected chi connectivity index (χ2v) is 5.53. The molecule has 1 aromatic rings. The van der Waals surface area contributed by atoms with E-state index in [4.69, 9.17) is 9.84 Å². The van der Waals surface area contributed by atoms with Gasteiger partial charge < -0.3 is 14.7 Å². The zero-order valence-corrected chi connectivity index (χ0v) is 12.7. The molecule has 21 heavy (non-hydrogen) atoms. The van der Waals surface area contributed by atoms with Gasteiger partial charge in [0, 0.05) is 25.2 Å². The Balaban J connectivity index is 1.86. The molecule has 0 aliphatic carbocycles. The first-order chi connectivity index (χ1) is 10.1. The molecule has 1 amide bonds. The first-order valence-corrected chi connectivity index (χ1v) is 7.42. The van der Waals surface area contributed by atoms with E-state index in [1.165, 1.54) is 0 Å². The fraction of sp³-hybridized carbons (Fsp3) is 0.562. The van der Waals surface area contributed by atoms with Crippen molar-refractivity contribution in [2.75, 3.05) is 26.7 Å². The minimum absolute atomic E-state index is 0.102. The normalized spacial score (nSPS) is 21.8. The van der Waals surface area contributed by atoms with Crippen LogP contribution in [0.3, 0.4) is 0 Å². The highest BCUT2D eigenvalue weighted by Crippen LogP contribution is 2.22. The molecule has 5 heteroatoms. The Morgan fingerprint density at radius 2 is 2.14 bits per heavy atom. The quantitative estimate of drug-likeness (QED) is 0.897. The van der Waals surface area contributed by atoms with Crippen LogP contribution >= 0.6 is 0 Å². The zero-order chi connectivity index (χ0) is 15.2. The minimum Gasteiger partial charge on any atom is -0.445 e. The first kappa shape index (κ1) is 15.8. The molecule has 1 N–H and O–H groups in total. The number of amides is 1. The van der Waals surface area contributed by atoms with Gasteiger partial charge in [-0.25, -0.2) is 4.79 Å². The van der Waals surface area contributed by atoms with E-state index in [-0.39, 0.29) is 24.8 Å². The summed E-state index contributed by atoms with van der Waals surface area (Å²) in [6.45, 7) is 3.81. The maximum atomic E-state index is 12.2. The molecule has 1 fully saturated rings. The predicted molar refractivity (Wildman–Crippen MR) is 80.9 cm³/mol. The molecule has 0 spiro atoms. The Morgan fingerprint density at radius 1 is 1.43 bits per heavy atom. The molecule has 0 radical (unpaired) electrons. The molecular formula is C16H24N2O3. The Hall–Kier alpha value is -1.59. The van der Waals surface area contributed by atoms with Gasteiger partial charge in [-0.15, -0.1) is 0 Å². The number of rotatable bonds is 5. The standard InChI is InChI=1S/C16H24N2O3/c1-13-15(17(2)10-11-19)8-9-18(13)16(20)21-12-14-6-4-3-5-7-14/h3-7,13,15,19H,8-12H2,1-2H3/t13-,15-/m1/s1. The van der Waals surface area contributed by atoms with E-state index in [9.17, 15) is 4.79 Å². The molecule has 0 bridgehead atoms. The van der Waals surface area contributed by atoms with Gasteiger partial charge >= 0.3 is 6.09 Å². The van der Waals surface area contributed by atoms with Crippen molar-refractivity contribution in [3.8, 4) is 0 Å². The Bertz CT molecular complexity index is 452. The van der Waals surface area contributed by atoms with E-state index in [2.05, 4.69) is 4.90 Å². The van der Waals surface area contributed by atoms with Gasteiger partial charge in [0.2, 0.25) is 0 Å². The van der Waals surface area contributed by atoms with Crippen molar-refractivity contribution >= 4 is 6.09 Å². The fourth-order valence-electron chi connectivity index (χ4n) is 2.90. The van der Waals surface area contributed by atoms with Crippen LogP contribution in [0.2, 0.25) is 0 Å². The monoisotopic (exact) mass is 292 g/mol. The number of benzene rings is 1. The van der Waals surface area contributed by atoms with Crippen molar-refractivity contribution in [1.82, 2.24) is 9.80 Å². The van der Waals surface area contributed by atoms with Gasteiger partial charge in [-0.3, -0.25) is 4.90 Å². The summed E-state index contributed by atoms with van der Waals surface area (Å²) in [5.41, 5.74) is 0.992. The molecule has 1 aliphatic rings. The summed E-state index contributed by atoms with van der Waals surface area (Å²) < 4.78 is 5.39. The van der Waals surface area contributed by atoms with Crippen molar-refractivity contribution in [2.45, 2.75) is 32.0 Å². The number of likely N-dealkylation sites (N-methyl/N-ethyl adjacent to an activating group) is 1. The van der Waals surface area contributed by atoms with E-state index < -0.39 is 0 Å². The van der Waals surface area contributed by atoms with Gasteiger partial charge in [-0.05, 0) is 26.0 Å². The molecular weight excluding hydrogens is 268 g/mol. The highest BCUT2D eigenvalue weighted by atomic mass is 16.6.